The Hall–Kier alpha value is -3.15. The van der Waals surface area contributed by atoms with Crippen LogP contribution in [0.2, 0.25) is 0 Å². The smallest absolute Gasteiger partial charge is 0.226 e. The molecule has 6 heteroatoms. The van der Waals surface area contributed by atoms with Crippen molar-refractivity contribution in [2.45, 2.75) is 39.2 Å². The minimum absolute atomic E-state index is 0.208. The second-order valence-electron chi connectivity index (χ2n) is 7.22. The number of rotatable bonds is 2. The van der Waals surface area contributed by atoms with Crippen LogP contribution in [-0.2, 0) is 4.79 Å². The number of ketones is 1. The zero-order chi connectivity index (χ0) is 18.5. The monoisotopic (exact) mass is 359 g/mol. The molecular formula is C21H21N5O. The first-order chi connectivity index (χ1) is 13.1. The fraction of sp³-hybridized carbons (Fsp3) is 0.286. The topological polar surface area (TPSA) is 64.7 Å². The number of nitrogens with zero attached hydrogens (tertiary/aromatic N) is 4. The normalized spacial score (nSPS) is 18.9. The first-order valence-corrected chi connectivity index (χ1v) is 9.32. The van der Waals surface area contributed by atoms with Gasteiger partial charge in [-0.3, -0.25) is 4.79 Å². The maximum Gasteiger partial charge on any atom is 0.226 e. The van der Waals surface area contributed by atoms with Crippen molar-refractivity contribution in [1.29, 1.82) is 0 Å². The van der Waals surface area contributed by atoms with Crippen molar-refractivity contribution in [1.82, 2.24) is 19.3 Å². The zero-order valence-corrected chi connectivity index (χ0v) is 15.4. The number of benzene rings is 1. The number of aryl methyl sites for hydroxylation is 1. The number of anilines is 1. The summed E-state index contributed by atoms with van der Waals surface area (Å²) in [5, 5.41) is 7.76. The number of allylic oxidation sites excluding steroid dienone is 2. The lowest BCUT2D eigenvalue weighted by Gasteiger charge is -2.32. The van der Waals surface area contributed by atoms with Crippen LogP contribution in [0, 0.1) is 13.8 Å². The number of hydrogen-bond donors (Lipinski definition) is 1. The van der Waals surface area contributed by atoms with Gasteiger partial charge >= 0.3 is 0 Å². The van der Waals surface area contributed by atoms with Crippen molar-refractivity contribution in [3.63, 3.8) is 0 Å². The number of para-hydroxylation sites is 1. The van der Waals surface area contributed by atoms with Crippen molar-refractivity contribution in [3.8, 4) is 5.69 Å². The molecule has 0 bridgehead atoms. The van der Waals surface area contributed by atoms with E-state index in [0.717, 1.165) is 46.8 Å². The molecule has 0 spiro atoms. The summed E-state index contributed by atoms with van der Waals surface area (Å²) in [5.41, 5.74) is 6.33. The van der Waals surface area contributed by atoms with Gasteiger partial charge in [0.15, 0.2) is 5.78 Å². The minimum atomic E-state index is -0.227. The summed E-state index contributed by atoms with van der Waals surface area (Å²) in [4.78, 5) is 17.2. The molecule has 27 heavy (non-hydrogen) atoms. The molecule has 0 amide bonds. The van der Waals surface area contributed by atoms with Crippen LogP contribution in [-0.4, -0.2) is 25.1 Å². The predicted octanol–water partition coefficient (Wildman–Crippen LogP) is 3.71. The lowest BCUT2D eigenvalue weighted by atomic mass is 9.85. The van der Waals surface area contributed by atoms with E-state index in [1.807, 2.05) is 22.9 Å². The van der Waals surface area contributed by atoms with Gasteiger partial charge in [-0.15, -0.1) is 0 Å². The van der Waals surface area contributed by atoms with Crippen molar-refractivity contribution < 1.29 is 4.79 Å². The van der Waals surface area contributed by atoms with E-state index in [9.17, 15) is 4.79 Å². The van der Waals surface area contributed by atoms with Crippen LogP contribution in [0.15, 0.2) is 54.0 Å². The van der Waals surface area contributed by atoms with Gasteiger partial charge in [-0.05, 0) is 44.9 Å². The highest BCUT2D eigenvalue weighted by atomic mass is 16.1. The molecule has 0 radical (unpaired) electrons. The number of Topliss-reactive ketones (excluding diaryl/α,β-unsaturated/α-hetero) is 1. The Kier molecular flexibility index (Phi) is 3.53. The third-order valence-corrected chi connectivity index (χ3v) is 5.59. The van der Waals surface area contributed by atoms with E-state index in [0.29, 0.717) is 12.4 Å². The standard InChI is InChI=1S/C21H21N5O/c1-13-11-16(14(2)25(13)15-7-4-3-5-8-15)20-19-17(9-6-10-18(19)27)24-21-22-12-23-26(20)21/h3-5,7-8,11-12,20H,6,9-10H2,1-2H3,(H,22,23,24). The van der Waals surface area contributed by atoms with Gasteiger partial charge in [-0.1, -0.05) is 18.2 Å². The van der Waals surface area contributed by atoms with Crippen molar-refractivity contribution in [3.05, 3.63) is 70.9 Å². The van der Waals surface area contributed by atoms with Gasteiger partial charge in [0.1, 0.15) is 12.4 Å². The predicted molar refractivity (Wildman–Crippen MR) is 103 cm³/mol. The van der Waals surface area contributed by atoms with Gasteiger partial charge in [0.25, 0.3) is 0 Å². The second-order valence-corrected chi connectivity index (χ2v) is 7.22. The Balaban J connectivity index is 1.72. The van der Waals surface area contributed by atoms with Gasteiger partial charge in [0.2, 0.25) is 5.95 Å². The molecule has 2 aromatic heterocycles. The fourth-order valence-corrected chi connectivity index (χ4v) is 4.42. The van der Waals surface area contributed by atoms with Gasteiger partial charge in [-0.2, -0.15) is 10.1 Å². The zero-order valence-electron chi connectivity index (χ0n) is 15.4. The molecule has 3 aromatic rings. The molecule has 1 N–H and O–H groups in total. The molecule has 1 aromatic carbocycles. The van der Waals surface area contributed by atoms with E-state index in [-0.39, 0.29) is 11.8 Å². The second kappa shape index (κ2) is 5.94. The quantitative estimate of drug-likeness (QED) is 0.758. The number of carbonyl (C=O) groups excluding carboxylic acids is 1. The Bertz CT molecular complexity index is 1070. The molecule has 136 valence electrons. The summed E-state index contributed by atoms with van der Waals surface area (Å²) in [5.74, 6) is 0.914. The maximum atomic E-state index is 12.9. The molecule has 1 unspecified atom stereocenters. The van der Waals surface area contributed by atoms with Gasteiger partial charge in [0.05, 0.1) is 0 Å². The summed E-state index contributed by atoms with van der Waals surface area (Å²) in [6, 6.07) is 12.3. The van der Waals surface area contributed by atoms with Crippen LogP contribution >= 0.6 is 0 Å². The summed E-state index contributed by atoms with van der Waals surface area (Å²) < 4.78 is 4.08. The largest absolute Gasteiger partial charge is 0.328 e. The molecule has 2 aliphatic rings. The van der Waals surface area contributed by atoms with Crippen molar-refractivity contribution in [2.75, 3.05) is 5.32 Å². The van der Waals surface area contributed by atoms with Gasteiger partial charge < -0.3 is 9.88 Å². The van der Waals surface area contributed by atoms with Crippen LogP contribution < -0.4 is 5.32 Å². The van der Waals surface area contributed by atoms with E-state index in [4.69, 9.17) is 0 Å². The lowest BCUT2D eigenvalue weighted by molar-refractivity contribution is -0.116. The molecule has 1 aliphatic heterocycles. The minimum Gasteiger partial charge on any atom is -0.328 e. The van der Waals surface area contributed by atoms with Crippen LogP contribution in [0.1, 0.15) is 42.3 Å². The van der Waals surface area contributed by atoms with Crippen LogP contribution in [0.3, 0.4) is 0 Å². The first kappa shape index (κ1) is 16.1. The van der Waals surface area contributed by atoms with Gasteiger partial charge in [0, 0.05) is 40.3 Å². The number of hydrogen-bond acceptors (Lipinski definition) is 4. The van der Waals surface area contributed by atoms with Crippen molar-refractivity contribution in [2.24, 2.45) is 0 Å². The lowest BCUT2D eigenvalue weighted by Crippen LogP contribution is -2.31. The molecule has 3 heterocycles. The Morgan fingerprint density at radius 3 is 2.78 bits per heavy atom. The third-order valence-electron chi connectivity index (χ3n) is 5.59. The van der Waals surface area contributed by atoms with E-state index in [1.165, 1.54) is 0 Å². The number of aromatic nitrogens is 4. The third kappa shape index (κ3) is 2.36. The Morgan fingerprint density at radius 2 is 1.96 bits per heavy atom. The average molecular weight is 359 g/mol. The summed E-state index contributed by atoms with van der Waals surface area (Å²) in [7, 11) is 0. The summed E-state index contributed by atoms with van der Waals surface area (Å²) in [6.45, 7) is 4.21. The fourth-order valence-electron chi connectivity index (χ4n) is 4.42. The molecule has 6 nitrogen and oxygen atoms in total. The Labute approximate surface area is 157 Å². The van der Waals surface area contributed by atoms with E-state index >= 15 is 0 Å². The summed E-state index contributed by atoms with van der Waals surface area (Å²) in [6.07, 6.45) is 3.91. The number of nitrogens with one attached hydrogen (secondary N) is 1. The number of fused-ring (bicyclic) bond motifs is 1. The molecule has 1 atom stereocenters. The van der Waals surface area contributed by atoms with Crippen LogP contribution in [0.4, 0.5) is 5.95 Å². The molecular weight excluding hydrogens is 338 g/mol. The first-order valence-electron chi connectivity index (χ1n) is 9.32. The molecule has 1 aliphatic carbocycles. The molecule has 5 rings (SSSR count). The molecule has 0 saturated carbocycles. The highest BCUT2D eigenvalue weighted by Crippen LogP contribution is 2.41. The maximum absolute atomic E-state index is 12.9. The van der Waals surface area contributed by atoms with Crippen LogP contribution in [0.5, 0.6) is 0 Å². The van der Waals surface area contributed by atoms with Gasteiger partial charge in [-0.25, -0.2) is 4.68 Å². The highest BCUT2D eigenvalue weighted by Gasteiger charge is 2.37. The number of carbonyl (C=O) groups is 1. The average Bonchev–Trinajstić information content (AvgIpc) is 3.25. The van der Waals surface area contributed by atoms with E-state index in [2.05, 4.69) is 52.0 Å². The Morgan fingerprint density at radius 1 is 1.15 bits per heavy atom. The highest BCUT2D eigenvalue weighted by molar-refractivity contribution is 5.99. The SMILES string of the molecule is Cc1cc(C2C3=C(CCCC3=O)Nc3ncnn32)c(C)n1-c1ccccc1. The van der Waals surface area contributed by atoms with E-state index in [1.54, 1.807) is 6.33 Å². The van der Waals surface area contributed by atoms with Crippen LogP contribution in [0.25, 0.3) is 5.69 Å². The van der Waals surface area contributed by atoms with Crippen molar-refractivity contribution >= 4 is 11.7 Å². The molecule has 0 fully saturated rings. The summed E-state index contributed by atoms with van der Waals surface area (Å²) >= 11 is 0. The van der Waals surface area contributed by atoms with E-state index < -0.39 is 0 Å². The molecule has 0 saturated heterocycles.